The van der Waals surface area contributed by atoms with Crippen molar-refractivity contribution in [2.75, 3.05) is 39.4 Å². The van der Waals surface area contributed by atoms with Gasteiger partial charge in [0, 0.05) is 55.6 Å². The Hall–Kier alpha value is -1.46. The van der Waals surface area contributed by atoms with Crippen LogP contribution in [0.2, 0.25) is 0 Å². The molecule has 5 nitrogen and oxygen atoms in total. The number of piperidine rings is 1. The van der Waals surface area contributed by atoms with Crippen molar-refractivity contribution in [2.45, 2.75) is 32.7 Å². The van der Waals surface area contributed by atoms with E-state index >= 15 is 0 Å². The molecular formula is C18H27N3O2. The first kappa shape index (κ1) is 16.4. The maximum absolute atomic E-state index is 12.8. The molecule has 1 amide bonds. The van der Waals surface area contributed by atoms with Gasteiger partial charge in [-0.3, -0.25) is 14.7 Å². The fourth-order valence-corrected chi connectivity index (χ4v) is 3.77. The summed E-state index contributed by atoms with van der Waals surface area (Å²) >= 11 is 0. The predicted octanol–water partition coefficient (Wildman–Crippen LogP) is 2.04. The van der Waals surface area contributed by atoms with Gasteiger partial charge in [-0.1, -0.05) is 0 Å². The maximum Gasteiger partial charge on any atom is 0.253 e. The van der Waals surface area contributed by atoms with E-state index in [9.17, 15) is 4.79 Å². The first-order chi connectivity index (χ1) is 11.1. The molecule has 0 bridgehead atoms. The summed E-state index contributed by atoms with van der Waals surface area (Å²) < 4.78 is 5.91. The molecule has 3 heterocycles. The highest BCUT2D eigenvalue weighted by molar-refractivity contribution is 5.94. The molecule has 3 rings (SSSR count). The average Bonchev–Trinajstić information content (AvgIpc) is 2.78. The van der Waals surface area contributed by atoms with Crippen LogP contribution < -0.4 is 0 Å². The standard InChI is InChI=1S/C18H27N3O2/c1-15(2)20-10-11-23-14-18(12-20)6-3-9-21(13-18)17(22)16-4-7-19-8-5-16/h4-5,7-8,15H,3,6,9-14H2,1-2H3/t18-/m1/s1. The number of carbonyl (C=O) groups is 1. The molecule has 0 radical (unpaired) electrons. The smallest absolute Gasteiger partial charge is 0.253 e. The van der Waals surface area contributed by atoms with Gasteiger partial charge in [-0.05, 0) is 38.8 Å². The Morgan fingerprint density at radius 3 is 2.78 bits per heavy atom. The minimum atomic E-state index is 0.0711. The van der Waals surface area contributed by atoms with Gasteiger partial charge in [0.1, 0.15) is 0 Å². The zero-order valence-electron chi connectivity index (χ0n) is 14.2. The van der Waals surface area contributed by atoms with Gasteiger partial charge in [-0.2, -0.15) is 0 Å². The van der Waals surface area contributed by atoms with Gasteiger partial charge in [-0.25, -0.2) is 0 Å². The molecule has 2 aliphatic heterocycles. The molecule has 1 atom stereocenters. The number of rotatable bonds is 2. The first-order valence-corrected chi connectivity index (χ1v) is 8.61. The maximum atomic E-state index is 12.8. The molecule has 23 heavy (non-hydrogen) atoms. The highest BCUT2D eigenvalue weighted by atomic mass is 16.5. The van der Waals surface area contributed by atoms with E-state index < -0.39 is 0 Å². The Morgan fingerprint density at radius 2 is 2.04 bits per heavy atom. The number of carbonyl (C=O) groups excluding carboxylic acids is 1. The fraction of sp³-hybridized carbons (Fsp3) is 0.667. The van der Waals surface area contributed by atoms with Gasteiger partial charge in [0.2, 0.25) is 0 Å². The van der Waals surface area contributed by atoms with E-state index in [-0.39, 0.29) is 11.3 Å². The van der Waals surface area contributed by atoms with Crippen LogP contribution in [0.1, 0.15) is 37.0 Å². The normalized spacial score (nSPS) is 26.5. The van der Waals surface area contributed by atoms with E-state index in [1.54, 1.807) is 24.5 Å². The molecule has 5 heteroatoms. The second kappa shape index (κ2) is 6.97. The first-order valence-electron chi connectivity index (χ1n) is 8.61. The number of ether oxygens (including phenoxy) is 1. The van der Waals surface area contributed by atoms with Crippen LogP contribution in [-0.4, -0.2) is 66.1 Å². The van der Waals surface area contributed by atoms with Crippen LogP contribution in [0.4, 0.5) is 0 Å². The van der Waals surface area contributed by atoms with Crippen molar-refractivity contribution < 1.29 is 9.53 Å². The summed E-state index contributed by atoms with van der Waals surface area (Å²) in [5.41, 5.74) is 0.800. The third-order valence-corrected chi connectivity index (χ3v) is 5.08. The summed E-state index contributed by atoms with van der Waals surface area (Å²) in [6.07, 6.45) is 5.55. The number of hydrogen-bond donors (Lipinski definition) is 0. The van der Waals surface area contributed by atoms with E-state index in [0.717, 1.165) is 57.8 Å². The summed E-state index contributed by atoms with van der Waals surface area (Å²) in [6, 6.07) is 4.11. The number of aromatic nitrogens is 1. The predicted molar refractivity (Wildman–Crippen MR) is 89.3 cm³/mol. The van der Waals surface area contributed by atoms with Crippen LogP contribution in [0.3, 0.4) is 0 Å². The van der Waals surface area contributed by atoms with Crippen LogP contribution >= 0.6 is 0 Å². The van der Waals surface area contributed by atoms with E-state index in [1.165, 1.54) is 0 Å². The lowest BCUT2D eigenvalue weighted by Gasteiger charge is -2.44. The zero-order chi connectivity index (χ0) is 16.3. The number of hydrogen-bond acceptors (Lipinski definition) is 4. The quantitative estimate of drug-likeness (QED) is 0.837. The summed E-state index contributed by atoms with van der Waals surface area (Å²) in [6.45, 7) is 9.66. The number of nitrogens with zero attached hydrogens (tertiary/aromatic N) is 3. The Kier molecular flexibility index (Phi) is 4.97. The van der Waals surface area contributed by atoms with Crippen LogP contribution in [0.5, 0.6) is 0 Å². The molecule has 0 unspecified atom stereocenters. The van der Waals surface area contributed by atoms with Crippen molar-refractivity contribution >= 4 is 5.91 Å². The number of likely N-dealkylation sites (tertiary alicyclic amines) is 1. The van der Waals surface area contributed by atoms with Crippen molar-refractivity contribution in [1.29, 1.82) is 0 Å². The molecule has 2 fully saturated rings. The molecule has 2 saturated heterocycles. The summed E-state index contributed by atoms with van der Waals surface area (Å²) in [5, 5.41) is 0. The van der Waals surface area contributed by atoms with Crippen molar-refractivity contribution in [2.24, 2.45) is 5.41 Å². The van der Waals surface area contributed by atoms with Crippen LogP contribution in [0.25, 0.3) is 0 Å². The zero-order valence-corrected chi connectivity index (χ0v) is 14.2. The molecule has 0 saturated carbocycles. The van der Waals surface area contributed by atoms with Gasteiger partial charge in [0.25, 0.3) is 5.91 Å². The second-order valence-electron chi connectivity index (χ2n) is 7.18. The molecule has 1 aromatic rings. The topological polar surface area (TPSA) is 45.7 Å². The summed E-state index contributed by atoms with van der Waals surface area (Å²) in [5.74, 6) is 0.117. The van der Waals surface area contributed by atoms with Crippen molar-refractivity contribution in [1.82, 2.24) is 14.8 Å². The van der Waals surface area contributed by atoms with E-state index in [0.29, 0.717) is 6.04 Å². The van der Waals surface area contributed by atoms with Gasteiger partial charge < -0.3 is 9.64 Å². The monoisotopic (exact) mass is 317 g/mol. The van der Waals surface area contributed by atoms with Gasteiger partial charge in [0.05, 0.1) is 13.2 Å². The summed E-state index contributed by atoms with van der Waals surface area (Å²) in [7, 11) is 0. The molecule has 1 aromatic heterocycles. The van der Waals surface area contributed by atoms with Crippen molar-refractivity contribution in [3.05, 3.63) is 30.1 Å². The minimum Gasteiger partial charge on any atom is -0.379 e. The number of pyridine rings is 1. The van der Waals surface area contributed by atoms with Crippen molar-refractivity contribution in [3.8, 4) is 0 Å². The molecule has 2 aliphatic rings. The molecule has 0 aliphatic carbocycles. The van der Waals surface area contributed by atoms with Gasteiger partial charge in [0.15, 0.2) is 0 Å². The Labute approximate surface area is 138 Å². The highest BCUT2D eigenvalue weighted by Crippen LogP contribution is 2.34. The summed E-state index contributed by atoms with van der Waals surface area (Å²) in [4.78, 5) is 21.3. The Morgan fingerprint density at radius 1 is 1.26 bits per heavy atom. The lowest BCUT2D eigenvalue weighted by atomic mass is 9.79. The lowest BCUT2D eigenvalue weighted by molar-refractivity contribution is 0.00572. The van der Waals surface area contributed by atoms with Crippen LogP contribution in [-0.2, 0) is 4.74 Å². The second-order valence-corrected chi connectivity index (χ2v) is 7.18. The third-order valence-electron chi connectivity index (χ3n) is 5.08. The van der Waals surface area contributed by atoms with Crippen molar-refractivity contribution in [3.63, 3.8) is 0 Å². The number of amides is 1. The van der Waals surface area contributed by atoms with E-state index in [4.69, 9.17) is 4.74 Å². The molecule has 1 spiro atoms. The largest absolute Gasteiger partial charge is 0.379 e. The Bertz CT molecular complexity index is 534. The van der Waals surface area contributed by atoms with Crippen LogP contribution in [0, 0.1) is 5.41 Å². The molecule has 126 valence electrons. The average molecular weight is 317 g/mol. The molecular weight excluding hydrogens is 290 g/mol. The molecule has 0 N–H and O–H groups in total. The Balaban J connectivity index is 1.75. The lowest BCUT2D eigenvalue weighted by Crippen LogP contribution is -2.53. The molecule has 0 aromatic carbocycles. The highest BCUT2D eigenvalue weighted by Gasteiger charge is 2.40. The fourth-order valence-electron chi connectivity index (χ4n) is 3.77. The van der Waals surface area contributed by atoms with E-state index in [1.807, 2.05) is 4.90 Å². The van der Waals surface area contributed by atoms with E-state index in [2.05, 4.69) is 23.7 Å². The third kappa shape index (κ3) is 3.72. The van der Waals surface area contributed by atoms with Gasteiger partial charge >= 0.3 is 0 Å². The van der Waals surface area contributed by atoms with Crippen LogP contribution in [0.15, 0.2) is 24.5 Å². The SMILES string of the molecule is CC(C)N1CCOC[C@]2(CCCN(C(=O)c3ccncc3)C2)C1. The minimum absolute atomic E-state index is 0.0711. The van der Waals surface area contributed by atoms with Gasteiger partial charge in [-0.15, -0.1) is 0 Å².